The van der Waals surface area contributed by atoms with Crippen LogP contribution in [-0.2, 0) is 0 Å². The summed E-state index contributed by atoms with van der Waals surface area (Å²) in [5.41, 5.74) is 18.9. The lowest BCUT2D eigenvalue weighted by Crippen LogP contribution is -2.10. The maximum atomic E-state index is 6.52. The second-order valence-electron chi connectivity index (χ2n) is 22.4. The van der Waals surface area contributed by atoms with Crippen molar-refractivity contribution in [1.82, 2.24) is 9.97 Å². The first-order valence-electron chi connectivity index (χ1n) is 30.4. The van der Waals surface area contributed by atoms with Crippen LogP contribution in [0.1, 0.15) is 0 Å². The van der Waals surface area contributed by atoms with Gasteiger partial charge in [0.1, 0.15) is 11.0 Å². The predicted molar refractivity (Wildman–Crippen MR) is 375 cm³/mol. The highest BCUT2D eigenvalue weighted by atomic mass is 16.4. The van der Waals surface area contributed by atoms with Gasteiger partial charge in [-0.3, -0.25) is 0 Å². The van der Waals surface area contributed by atoms with Gasteiger partial charge in [-0.1, -0.05) is 231 Å². The van der Waals surface area contributed by atoms with Crippen molar-refractivity contribution in [1.29, 1.82) is 0 Å². The van der Waals surface area contributed by atoms with Crippen molar-refractivity contribution in [3.05, 3.63) is 340 Å². The molecule has 0 saturated heterocycles. The van der Waals surface area contributed by atoms with Crippen molar-refractivity contribution in [2.45, 2.75) is 0 Å². The van der Waals surface area contributed by atoms with E-state index in [1.54, 1.807) is 0 Å². The van der Waals surface area contributed by atoms with Crippen LogP contribution in [0, 0.1) is 0 Å². The third-order valence-electron chi connectivity index (χ3n) is 16.9. The normalized spacial score (nSPS) is 11.3. The van der Waals surface area contributed by atoms with E-state index in [0.717, 1.165) is 122 Å². The van der Waals surface area contributed by atoms with Crippen molar-refractivity contribution in [2.24, 2.45) is 0 Å². The smallest absolute Gasteiger partial charge is 0.227 e. The molecule has 2 heterocycles. The maximum absolute atomic E-state index is 6.52. The number of aromatic nitrogens is 2. The van der Waals surface area contributed by atoms with Crippen LogP contribution in [0.4, 0.5) is 34.1 Å². The summed E-state index contributed by atoms with van der Waals surface area (Å²) in [5, 5.41) is 8.97. The molecule has 424 valence electrons. The van der Waals surface area contributed by atoms with E-state index in [-0.39, 0.29) is 0 Å². The van der Waals surface area contributed by atoms with E-state index >= 15 is 0 Å². The van der Waals surface area contributed by atoms with Crippen molar-refractivity contribution in [3.8, 4) is 56.3 Å². The van der Waals surface area contributed by atoms with Gasteiger partial charge in [-0.05, 0) is 170 Å². The van der Waals surface area contributed by atoms with Crippen LogP contribution in [0.3, 0.4) is 0 Å². The van der Waals surface area contributed by atoms with E-state index in [2.05, 4.69) is 283 Å². The van der Waals surface area contributed by atoms with Crippen LogP contribution >= 0.6 is 0 Å². The van der Waals surface area contributed by atoms with E-state index in [4.69, 9.17) is 18.8 Å². The summed E-state index contributed by atoms with van der Waals surface area (Å²) < 4.78 is 12.8. The van der Waals surface area contributed by atoms with Gasteiger partial charge in [0.15, 0.2) is 11.2 Å². The summed E-state index contributed by atoms with van der Waals surface area (Å²) in [6, 6.07) is 119. The fourth-order valence-corrected chi connectivity index (χ4v) is 12.7. The zero-order valence-electron chi connectivity index (χ0n) is 48.9. The minimum Gasteiger partial charge on any atom is -0.436 e. The van der Waals surface area contributed by atoms with Crippen LogP contribution in [0.15, 0.2) is 349 Å². The number of oxazole rings is 2. The zero-order valence-corrected chi connectivity index (χ0v) is 48.9. The molecular formula is C84H56N4O2. The number of benzene rings is 15. The Morgan fingerprint density at radius 2 is 0.700 bits per heavy atom. The SMILES string of the molecule is c1ccc(-c2cc(N(c3ccccc3)c3ccccc3)c3ccc4ccc5oc(-c6ccccc6)nc5c4c3c2)cc1.c1ccc(-c2nc3ccc4ccc5ccc(N(c6ccccc6)c6ccc(-c7ccccc7-c7ccccc7)cc6)cc5c4c3o2)cc1. The molecule has 0 saturated carbocycles. The fraction of sp³-hybridized carbons (Fsp3) is 0. The average Bonchev–Trinajstić information content (AvgIpc) is 1.36. The molecule has 0 atom stereocenters. The van der Waals surface area contributed by atoms with Crippen molar-refractivity contribution in [2.75, 3.05) is 9.80 Å². The minimum atomic E-state index is 0.629. The first-order chi connectivity index (χ1) is 44.6. The molecule has 2 aromatic heterocycles. The molecule has 17 rings (SSSR count). The Morgan fingerprint density at radius 1 is 0.256 bits per heavy atom. The summed E-state index contributed by atoms with van der Waals surface area (Å²) in [6.07, 6.45) is 0. The van der Waals surface area contributed by atoms with Crippen molar-refractivity contribution < 1.29 is 8.83 Å². The van der Waals surface area contributed by atoms with E-state index in [1.165, 1.54) is 22.3 Å². The molecule has 0 N–H and O–H groups in total. The number of rotatable bonds is 11. The fourth-order valence-electron chi connectivity index (χ4n) is 12.7. The topological polar surface area (TPSA) is 58.5 Å². The Labute approximate surface area is 521 Å². The summed E-state index contributed by atoms with van der Waals surface area (Å²) in [5.74, 6) is 1.26. The monoisotopic (exact) mass is 1150 g/mol. The number of anilines is 6. The van der Waals surface area contributed by atoms with Gasteiger partial charge in [0.05, 0.1) is 5.69 Å². The van der Waals surface area contributed by atoms with E-state index in [1.807, 2.05) is 66.7 Å². The first-order valence-corrected chi connectivity index (χ1v) is 30.4. The predicted octanol–water partition coefficient (Wildman–Crippen LogP) is 23.5. The maximum Gasteiger partial charge on any atom is 0.227 e. The second-order valence-corrected chi connectivity index (χ2v) is 22.4. The van der Waals surface area contributed by atoms with Gasteiger partial charge in [0.25, 0.3) is 0 Å². The molecule has 0 aliphatic carbocycles. The van der Waals surface area contributed by atoms with E-state index < -0.39 is 0 Å². The summed E-state index contributed by atoms with van der Waals surface area (Å²) in [4.78, 5) is 14.6. The highest BCUT2D eigenvalue weighted by Crippen LogP contribution is 2.46. The van der Waals surface area contributed by atoms with Gasteiger partial charge in [-0.2, -0.15) is 0 Å². The quantitative estimate of drug-likeness (QED) is 0.120. The first kappa shape index (κ1) is 53.4. The Bertz CT molecular complexity index is 5350. The number of hydrogen-bond donors (Lipinski definition) is 0. The third kappa shape index (κ3) is 10.0. The molecule has 90 heavy (non-hydrogen) atoms. The lowest BCUT2D eigenvalue weighted by molar-refractivity contribution is 0.620. The molecule has 0 spiro atoms. The Kier molecular flexibility index (Phi) is 13.8. The molecule has 0 aliphatic heterocycles. The third-order valence-corrected chi connectivity index (χ3v) is 16.9. The second kappa shape index (κ2) is 23.3. The van der Waals surface area contributed by atoms with E-state index in [9.17, 15) is 0 Å². The number of hydrogen-bond acceptors (Lipinski definition) is 6. The average molecular weight is 1150 g/mol. The zero-order chi connectivity index (χ0) is 59.7. The van der Waals surface area contributed by atoms with Gasteiger partial charge in [0.2, 0.25) is 11.8 Å². The summed E-state index contributed by atoms with van der Waals surface area (Å²) in [7, 11) is 0. The van der Waals surface area contributed by atoms with Crippen LogP contribution in [0.2, 0.25) is 0 Å². The van der Waals surface area contributed by atoms with Crippen LogP contribution in [-0.4, -0.2) is 9.97 Å². The number of nitrogens with zero attached hydrogens (tertiary/aromatic N) is 4. The molecule has 0 radical (unpaired) electrons. The standard InChI is InChI=1S/C45H30N2O.C39H26N2O/c1-4-12-31(13-5-1)39-18-10-11-19-40(39)32-22-26-37(27-23-32)47(36-16-8-3-9-17-36)38-28-24-33-20-21-34-25-29-42-44(43(34)41(33)30-38)48-45(46-42)35-14-6-2-7-15-35;1-5-13-27(14-6-1)30-25-34-33(35(26-30)41(31-17-9-3-10-18-31)32-19-11-4-12-20-32)23-21-28-22-24-36-38(37(28)34)40-39(42-36)29-15-7-2-8-16-29/h1-30H;1-26H. The van der Waals surface area contributed by atoms with Crippen molar-refractivity contribution >= 4 is 99.4 Å². The molecule has 15 aromatic carbocycles. The molecule has 0 aliphatic rings. The Balaban J connectivity index is 0.000000145. The molecule has 6 nitrogen and oxygen atoms in total. The van der Waals surface area contributed by atoms with Crippen LogP contribution in [0.25, 0.3) is 122 Å². The van der Waals surface area contributed by atoms with Gasteiger partial charge in [-0.15, -0.1) is 0 Å². The Hall–Kier alpha value is -12.1. The summed E-state index contributed by atoms with van der Waals surface area (Å²) in [6.45, 7) is 0. The lowest BCUT2D eigenvalue weighted by Gasteiger charge is -2.28. The Morgan fingerprint density at radius 3 is 1.31 bits per heavy atom. The molecular weight excluding hydrogens is 1100 g/mol. The number of para-hydroxylation sites is 3. The molecule has 0 fully saturated rings. The number of fused-ring (bicyclic) bond motifs is 10. The summed E-state index contributed by atoms with van der Waals surface area (Å²) >= 11 is 0. The largest absolute Gasteiger partial charge is 0.436 e. The highest BCUT2D eigenvalue weighted by Gasteiger charge is 2.22. The molecule has 0 unspecified atom stereocenters. The highest BCUT2D eigenvalue weighted by molar-refractivity contribution is 6.22. The van der Waals surface area contributed by atoms with Gasteiger partial charge in [0, 0.05) is 55.7 Å². The molecule has 6 heteroatoms. The van der Waals surface area contributed by atoms with Gasteiger partial charge >= 0.3 is 0 Å². The molecule has 17 aromatic rings. The van der Waals surface area contributed by atoms with Gasteiger partial charge in [-0.25, -0.2) is 9.97 Å². The minimum absolute atomic E-state index is 0.629. The lowest BCUT2D eigenvalue weighted by atomic mass is 9.94. The molecule has 0 bridgehead atoms. The van der Waals surface area contributed by atoms with Crippen molar-refractivity contribution in [3.63, 3.8) is 0 Å². The van der Waals surface area contributed by atoms with E-state index in [0.29, 0.717) is 11.8 Å². The van der Waals surface area contributed by atoms with Gasteiger partial charge < -0.3 is 18.6 Å². The molecule has 0 amide bonds. The van der Waals surface area contributed by atoms with Crippen LogP contribution < -0.4 is 9.80 Å². The van der Waals surface area contributed by atoms with Crippen LogP contribution in [0.5, 0.6) is 0 Å².